The molecular weight excluding hydrogens is 228 g/mol. The Bertz CT molecular complexity index is 385. The second-order valence-corrected chi connectivity index (χ2v) is 4.03. The Morgan fingerprint density at radius 3 is 2.41 bits per heavy atom. The lowest BCUT2D eigenvalue weighted by atomic mass is 10.1. The Balaban J connectivity index is 2.83. The Morgan fingerprint density at radius 2 is 1.88 bits per heavy atom. The molecule has 0 saturated carbocycles. The highest BCUT2D eigenvalue weighted by molar-refractivity contribution is 5.47. The smallest absolute Gasteiger partial charge is 0.168 e. The van der Waals surface area contributed by atoms with E-state index in [9.17, 15) is 13.9 Å². The van der Waals surface area contributed by atoms with E-state index < -0.39 is 17.7 Å². The second kappa shape index (κ2) is 5.77. The van der Waals surface area contributed by atoms with Crippen LogP contribution in [0.15, 0.2) is 6.07 Å². The number of rotatable bonds is 5. The molecule has 0 radical (unpaired) electrons. The van der Waals surface area contributed by atoms with Crippen LogP contribution in [0.4, 0.5) is 20.4 Å². The zero-order chi connectivity index (χ0) is 13.0. The van der Waals surface area contributed by atoms with Crippen molar-refractivity contribution in [3.05, 3.63) is 17.7 Å². The van der Waals surface area contributed by atoms with Crippen molar-refractivity contribution in [1.82, 2.24) is 4.98 Å². The monoisotopic (exact) mass is 245 g/mol. The first kappa shape index (κ1) is 13.6. The maximum absolute atomic E-state index is 13.4. The van der Waals surface area contributed by atoms with Gasteiger partial charge in [0, 0.05) is 19.2 Å². The van der Waals surface area contributed by atoms with Gasteiger partial charge >= 0.3 is 0 Å². The van der Waals surface area contributed by atoms with Gasteiger partial charge in [-0.1, -0.05) is 0 Å². The van der Waals surface area contributed by atoms with Crippen LogP contribution >= 0.6 is 0 Å². The van der Waals surface area contributed by atoms with E-state index in [0.29, 0.717) is 6.42 Å². The van der Waals surface area contributed by atoms with Crippen LogP contribution < -0.4 is 10.6 Å². The minimum Gasteiger partial charge on any atom is -0.393 e. The maximum Gasteiger partial charge on any atom is 0.168 e. The third-order valence-electron chi connectivity index (χ3n) is 2.24. The van der Waals surface area contributed by atoms with Gasteiger partial charge in [0.15, 0.2) is 23.3 Å². The molecule has 1 aromatic rings. The van der Waals surface area contributed by atoms with E-state index in [2.05, 4.69) is 15.6 Å². The molecule has 2 unspecified atom stereocenters. The molecule has 1 heterocycles. The van der Waals surface area contributed by atoms with Gasteiger partial charge in [-0.05, 0) is 20.3 Å². The van der Waals surface area contributed by atoms with Gasteiger partial charge in [-0.3, -0.25) is 0 Å². The lowest BCUT2D eigenvalue weighted by Gasteiger charge is -2.17. The van der Waals surface area contributed by atoms with E-state index in [4.69, 9.17) is 0 Å². The number of halogens is 2. The summed E-state index contributed by atoms with van der Waals surface area (Å²) in [6.07, 6.45) is -0.0438. The van der Waals surface area contributed by atoms with Crippen LogP contribution in [0.5, 0.6) is 0 Å². The highest BCUT2D eigenvalue weighted by Gasteiger charge is 2.13. The molecule has 96 valence electrons. The first-order valence-corrected chi connectivity index (χ1v) is 5.42. The van der Waals surface area contributed by atoms with Gasteiger partial charge in [-0.15, -0.1) is 0 Å². The molecular formula is C11H17F2N3O. The van der Waals surface area contributed by atoms with E-state index in [0.717, 1.165) is 6.07 Å². The standard InChI is InChI=1S/C11H17F2N3O/c1-6(4-7(2)17)15-11-9(13)5-8(12)10(14-3)16-11/h5-7,17H,4H2,1-3H3,(H2,14,15,16). The summed E-state index contributed by atoms with van der Waals surface area (Å²) in [4.78, 5) is 3.78. The summed E-state index contributed by atoms with van der Waals surface area (Å²) < 4.78 is 26.6. The highest BCUT2D eigenvalue weighted by atomic mass is 19.1. The van der Waals surface area contributed by atoms with Gasteiger partial charge in [-0.2, -0.15) is 0 Å². The van der Waals surface area contributed by atoms with Crippen LogP contribution in [0.2, 0.25) is 0 Å². The minimum atomic E-state index is -0.751. The second-order valence-electron chi connectivity index (χ2n) is 4.03. The van der Waals surface area contributed by atoms with Crippen LogP contribution in [0.1, 0.15) is 20.3 Å². The predicted octanol–water partition coefficient (Wildman–Crippen LogP) is 1.97. The fraction of sp³-hybridized carbons (Fsp3) is 0.545. The number of hydrogen-bond donors (Lipinski definition) is 3. The van der Waals surface area contributed by atoms with E-state index >= 15 is 0 Å². The molecule has 1 aromatic heterocycles. The number of aliphatic hydroxyl groups is 1. The predicted molar refractivity (Wildman–Crippen MR) is 63.1 cm³/mol. The summed E-state index contributed by atoms with van der Waals surface area (Å²) in [6.45, 7) is 3.43. The van der Waals surface area contributed by atoms with E-state index in [1.807, 2.05) is 0 Å². The van der Waals surface area contributed by atoms with Crippen LogP contribution in [-0.4, -0.2) is 29.3 Å². The molecule has 0 aliphatic rings. The summed E-state index contributed by atoms with van der Waals surface area (Å²) in [6, 6.07) is 0.614. The SMILES string of the molecule is CNc1nc(NC(C)CC(C)O)c(F)cc1F. The van der Waals surface area contributed by atoms with Gasteiger partial charge in [0.2, 0.25) is 0 Å². The fourth-order valence-electron chi connectivity index (χ4n) is 1.55. The molecule has 0 aliphatic carbocycles. The van der Waals surface area contributed by atoms with Gasteiger partial charge in [-0.25, -0.2) is 13.8 Å². The zero-order valence-electron chi connectivity index (χ0n) is 10.1. The Morgan fingerprint density at radius 1 is 1.29 bits per heavy atom. The van der Waals surface area contributed by atoms with Crippen molar-refractivity contribution in [3.63, 3.8) is 0 Å². The van der Waals surface area contributed by atoms with Crippen LogP contribution in [-0.2, 0) is 0 Å². The number of nitrogens with zero attached hydrogens (tertiary/aromatic N) is 1. The molecule has 0 fully saturated rings. The molecule has 17 heavy (non-hydrogen) atoms. The molecule has 0 amide bonds. The average molecular weight is 245 g/mol. The van der Waals surface area contributed by atoms with Crippen molar-refractivity contribution in [3.8, 4) is 0 Å². The van der Waals surface area contributed by atoms with Gasteiger partial charge in [0.1, 0.15) is 0 Å². The first-order valence-electron chi connectivity index (χ1n) is 5.42. The Kier molecular flexibility index (Phi) is 4.62. The van der Waals surface area contributed by atoms with Crippen LogP contribution in [0.25, 0.3) is 0 Å². The fourth-order valence-corrected chi connectivity index (χ4v) is 1.55. The molecule has 4 nitrogen and oxygen atoms in total. The molecule has 0 saturated heterocycles. The van der Waals surface area contributed by atoms with Gasteiger partial charge < -0.3 is 15.7 Å². The summed E-state index contributed by atoms with van der Waals surface area (Å²) in [7, 11) is 1.51. The third kappa shape index (κ3) is 3.81. The maximum atomic E-state index is 13.4. The highest BCUT2D eigenvalue weighted by Crippen LogP contribution is 2.19. The number of anilines is 2. The molecule has 0 aromatic carbocycles. The minimum absolute atomic E-state index is 0.0156. The Hall–Kier alpha value is -1.43. The summed E-state index contributed by atoms with van der Waals surface area (Å²) in [5.74, 6) is -1.53. The molecule has 1 rings (SSSR count). The van der Waals surface area contributed by atoms with E-state index in [1.54, 1.807) is 13.8 Å². The number of pyridine rings is 1. The largest absolute Gasteiger partial charge is 0.393 e. The Labute approximate surface area is 99.1 Å². The molecule has 6 heteroatoms. The lowest BCUT2D eigenvalue weighted by Crippen LogP contribution is -2.22. The van der Waals surface area contributed by atoms with Gasteiger partial charge in [0.05, 0.1) is 6.10 Å². The van der Waals surface area contributed by atoms with Crippen molar-refractivity contribution >= 4 is 11.6 Å². The summed E-state index contributed by atoms with van der Waals surface area (Å²) in [5.41, 5.74) is 0. The topological polar surface area (TPSA) is 57.2 Å². The molecule has 0 bridgehead atoms. The molecule has 0 aliphatic heterocycles. The van der Waals surface area contributed by atoms with Crippen molar-refractivity contribution in [2.24, 2.45) is 0 Å². The number of nitrogens with one attached hydrogen (secondary N) is 2. The molecule has 2 atom stereocenters. The number of aromatic nitrogens is 1. The van der Waals surface area contributed by atoms with Crippen molar-refractivity contribution in [2.75, 3.05) is 17.7 Å². The molecule has 0 spiro atoms. The van der Waals surface area contributed by atoms with Crippen molar-refractivity contribution in [2.45, 2.75) is 32.4 Å². The van der Waals surface area contributed by atoms with Crippen LogP contribution in [0, 0.1) is 11.6 Å². The quantitative estimate of drug-likeness (QED) is 0.742. The molecule has 3 N–H and O–H groups in total. The average Bonchev–Trinajstić information content (AvgIpc) is 2.20. The van der Waals surface area contributed by atoms with Gasteiger partial charge in [0.25, 0.3) is 0 Å². The third-order valence-corrected chi connectivity index (χ3v) is 2.24. The first-order chi connectivity index (χ1) is 7.93. The summed E-state index contributed by atoms with van der Waals surface area (Å²) in [5, 5.41) is 14.5. The summed E-state index contributed by atoms with van der Waals surface area (Å²) >= 11 is 0. The normalized spacial score (nSPS) is 14.2. The van der Waals surface area contributed by atoms with E-state index in [1.165, 1.54) is 7.05 Å². The lowest BCUT2D eigenvalue weighted by molar-refractivity contribution is 0.179. The van der Waals surface area contributed by atoms with Crippen molar-refractivity contribution in [1.29, 1.82) is 0 Å². The van der Waals surface area contributed by atoms with Crippen molar-refractivity contribution < 1.29 is 13.9 Å². The number of aliphatic hydroxyl groups excluding tert-OH is 1. The zero-order valence-corrected chi connectivity index (χ0v) is 10.1. The van der Waals surface area contributed by atoms with Crippen LogP contribution in [0.3, 0.4) is 0 Å². The number of hydrogen-bond acceptors (Lipinski definition) is 4. The van der Waals surface area contributed by atoms with E-state index in [-0.39, 0.29) is 17.7 Å².